The average Bonchev–Trinajstić information content (AvgIpc) is 3.00. The van der Waals surface area contributed by atoms with Crippen molar-refractivity contribution in [1.29, 1.82) is 0 Å². The second-order valence-electron chi connectivity index (χ2n) is 4.43. The standard InChI is InChI=1S/C13H13N5OS2/c1-6-3-4-7-8(5-6)20-13(16-7)18-11(19)9-10(14)17-12(15-2)21-9/h3-5H,14H2,1-2H3,(H,15,17)(H,16,18,19). The molecule has 3 rings (SSSR count). The fourth-order valence-corrected chi connectivity index (χ4v) is 3.53. The molecule has 0 spiro atoms. The monoisotopic (exact) mass is 319 g/mol. The lowest BCUT2D eigenvalue weighted by Crippen LogP contribution is -2.11. The number of carbonyl (C=O) groups excluding carboxylic acids is 1. The van der Waals surface area contributed by atoms with E-state index in [0.717, 1.165) is 15.8 Å². The number of thiazole rings is 2. The quantitative estimate of drug-likeness (QED) is 0.690. The van der Waals surface area contributed by atoms with E-state index < -0.39 is 0 Å². The van der Waals surface area contributed by atoms with E-state index in [0.29, 0.717) is 15.1 Å². The number of rotatable bonds is 3. The summed E-state index contributed by atoms with van der Waals surface area (Å²) in [5.74, 6) is -0.0684. The lowest BCUT2D eigenvalue weighted by molar-refractivity contribution is 0.103. The van der Waals surface area contributed by atoms with Gasteiger partial charge >= 0.3 is 0 Å². The van der Waals surface area contributed by atoms with E-state index in [1.165, 1.54) is 22.7 Å². The summed E-state index contributed by atoms with van der Waals surface area (Å²) >= 11 is 2.65. The van der Waals surface area contributed by atoms with Crippen molar-refractivity contribution in [3.8, 4) is 0 Å². The molecular formula is C13H13N5OS2. The molecule has 1 aromatic carbocycles. The van der Waals surface area contributed by atoms with Gasteiger partial charge in [-0.05, 0) is 24.6 Å². The topological polar surface area (TPSA) is 92.9 Å². The van der Waals surface area contributed by atoms with Gasteiger partial charge in [0.25, 0.3) is 5.91 Å². The fourth-order valence-electron chi connectivity index (χ4n) is 1.84. The number of aromatic nitrogens is 2. The molecule has 0 fully saturated rings. The van der Waals surface area contributed by atoms with Crippen LogP contribution < -0.4 is 16.4 Å². The molecule has 0 aliphatic rings. The molecule has 0 radical (unpaired) electrons. The van der Waals surface area contributed by atoms with Crippen LogP contribution in [0.3, 0.4) is 0 Å². The van der Waals surface area contributed by atoms with Crippen LogP contribution >= 0.6 is 22.7 Å². The number of aryl methyl sites for hydroxylation is 1. The molecule has 21 heavy (non-hydrogen) atoms. The fraction of sp³-hybridized carbons (Fsp3) is 0.154. The number of fused-ring (bicyclic) bond motifs is 1. The van der Waals surface area contributed by atoms with Crippen LogP contribution in [0.2, 0.25) is 0 Å². The zero-order chi connectivity index (χ0) is 15.0. The Bertz CT molecular complexity index is 823. The maximum absolute atomic E-state index is 12.2. The van der Waals surface area contributed by atoms with Crippen molar-refractivity contribution in [1.82, 2.24) is 9.97 Å². The first-order chi connectivity index (χ1) is 10.1. The lowest BCUT2D eigenvalue weighted by atomic mass is 10.2. The highest BCUT2D eigenvalue weighted by Gasteiger charge is 2.17. The molecule has 0 aliphatic heterocycles. The summed E-state index contributed by atoms with van der Waals surface area (Å²) in [5.41, 5.74) is 7.78. The van der Waals surface area contributed by atoms with E-state index in [1.807, 2.05) is 25.1 Å². The second-order valence-corrected chi connectivity index (χ2v) is 6.46. The molecule has 6 nitrogen and oxygen atoms in total. The van der Waals surface area contributed by atoms with E-state index in [-0.39, 0.29) is 11.7 Å². The van der Waals surface area contributed by atoms with Crippen LogP contribution in [0, 0.1) is 6.92 Å². The number of nitrogens with zero attached hydrogens (tertiary/aromatic N) is 2. The Balaban J connectivity index is 1.87. The number of carbonyl (C=O) groups is 1. The van der Waals surface area contributed by atoms with Crippen LogP contribution in [0.1, 0.15) is 15.2 Å². The van der Waals surface area contributed by atoms with Gasteiger partial charge in [0.15, 0.2) is 10.3 Å². The number of benzene rings is 1. The molecule has 8 heteroatoms. The highest BCUT2D eigenvalue weighted by Crippen LogP contribution is 2.29. The Morgan fingerprint density at radius 3 is 2.76 bits per heavy atom. The Labute approximate surface area is 129 Å². The number of hydrogen-bond donors (Lipinski definition) is 3. The van der Waals surface area contributed by atoms with E-state index in [1.54, 1.807) is 7.05 Å². The molecule has 108 valence electrons. The van der Waals surface area contributed by atoms with Crippen molar-refractivity contribution in [2.75, 3.05) is 23.4 Å². The van der Waals surface area contributed by atoms with Crippen LogP contribution in [0.25, 0.3) is 10.2 Å². The summed E-state index contributed by atoms with van der Waals surface area (Å²) in [6, 6.07) is 5.98. The highest BCUT2D eigenvalue weighted by molar-refractivity contribution is 7.22. The van der Waals surface area contributed by atoms with Crippen molar-refractivity contribution < 1.29 is 4.79 Å². The van der Waals surface area contributed by atoms with Gasteiger partial charge in [0.05, 0.1) is 10.2 Å². The SMILES string of the molecule is CNc1nc(N)c(C(=O)Nc2nc3ccc(C)cc3s2)s1. The number of hydrogen-bond acceptors (Lipinski definition) is 7. The molecule has 0 aliphatic carbocycles. The molecule has 1 amide bonds. The normalized spacial score (nSPS) is 10.8. The average molecular weight is 319 g/mol. The maximum atomic E-state index is 12.2. The molecular weight excluding hydrogens is 306 g/mol. The van der Waals surface area contributed by atoms with Crippen molar-refractivity contribution in [2.45, 2.75) is 6.92 Å². The second kappa shape index (κ2) is 5.30. The highest BCUT2D eigenvalue weighted by atomic mass is 32.1. The van der Waals surface area contributed by atoms with Gasteiger partial charge in [0.1, 0.15) is 10.7 Å². The molecule has 3 aromatic rings. The molecule has 0 atom stereocenters. The first-order valence-electron chi connectivity index (χ1n) is 6.19. The predicted molar refractivity (Wildman–Crippen MR) is 88.4 cm³/mol. The molecule has 0 saturated heterocycles. The van der Waals surface area contributed by atoms with E-state index in [2.05, 4.69) is 20.6 Å². The van der Waals surface area contributed by atoms with Crippen molar-refractivity contribution in [3.63, 3.8) is 0 Å². The minimum atomic E-state index is -0.290. The predicted octanol–water partition coefficient (Wildman–Crippen LogP) is 2.94. The Morgan fingerprint density at radius 1 is 1.24 bits per heavy atom. The van der Waals surface area contributed by atoms with E-state index >= 15 is 0 Å². The van der Waals surface area contributed by atoms with Crippen molar-refractivity contribution >= 4 is 54.9 Å². The number of amides is 1. The molecule has 0 bridgehead atoms. The van der Waals surface area contributed by atoms with Gasteiger partial charge in [-0.25, -0.2) is 9.97 Å². The summed E-state index contributed by atoms with van der Waals surface area (Å²) < 4.78 is 1.04. The first kappa shape index (κ1) is 13.8. The number of nitrogens with one attached hydrogen (secondary N) is 2. The van der Waals surface area contributed by atoms with Crippen molar-refractivity contribution in [2.24, 2.45) is 0 Å². The van der Waals surface area contributed by atoms with Gasteiger partial charge < -0.3 is 11.1 Å². The Morgan fingerprint density at radius 2 is 2.05 bits per heavy atom. The van der Waals surface area contributed by atoms with Crippen LogP contribution in [0.15, 0.2) is 18.2 Å². The summed E-state index contributed by atoms with van der Waals surface area (Å²) in [5, 5.41) is 6.81. The molecule has 0 unspecified atom stereocenters. The third-order valence-electron chi connectivity index (χ3n) is 2.84. The molecule has 4 N–H and O–H groups in total. The minimum absolute atomic E-state index is 0.221. The summed E-state index contributed by atoms with van der Waals surface area (Å²) in [6.07, 6.45) is 0. The number of nitrogen functional groups attached to an aromatic ring is 1. The molecule has 2 aromatic heterocycles. The Hall–Kier alpha value is -2.19. The van der Waals surface area contributed by atoms with Gasteiger partial charge in [-0.15, -0.1) is 0 Å². The van der Waals surface area contributed by atoms with Gasteiger partial charge in [-0.3, -0.25) is 10.1 Å². The minimum Gasteiger partial charge on any atom is -0.382 e. The zero-order valence-corrected chi connectivity index (χ0v) is 13.1. The van der Waals surface area contributed by atoms with Crippen LogP contribution in [0.4, 0.5) is 16.1 Å². The third kappa shape index (κ3) is 2.67. The number of nitrogens with two attached hydrogens (primary N) is 1. The van der Waals surface area contributed by atoms with Crippen LogP contribution in [0.5, 0.6) is 0 Å². The lowest BCUT2D eigenvalue weighted by Gasteiger charge is -1.98. The van der Waals surface area contributed by atoms with Crippen LogP contribution in [-0.4, -0.2) is 22.9 Å². The summed E-state index contributed by atoms with van der Waals surface area (Å²) in [4.78, 5) is 21.1. The summed E-state index contributed by atoms with van der Waals surface area (Å²) in [6.45, 7) is 2.02. The Kier molecular flexibility index (Phi) is 3.48. The van der Waals surface area contributed by atoms with Gasteiger partial charge in [-0.1, -0.05) is 28.7 Å². The number of anilines is 3. The zero-order valence-electron chi connectivity index (χ0n) is 11.4. The van der Waals surface area contributed by atoms with Crippen molar-refractivity contribution in [3.05, 3.63) is 28.6 Å². The largest absolute Gasteiger partial charge is 0.382 e. The molecule has 0 saturated carbocycles. The van der Waals surface area contributed by atoms with E-state index in [9.17, 15) is 4.79 Å². The van der Waals surface area contributed by atoms with E-state index in [4.69, 9.17) is 5.73 Å². The van der Waals surface area contributed by atoms with Gasteiger partial charge in [0, 0.05) is 7.05 Å². The summed E-state index contributed by atoms with van der Waals surface area (Å²) in [7, 11) is 1.73. The van der Waals surface area contributed by atoms with Gasteiger partial charge in [0.2, 0.25) is 0 Å². The molecule has 2 heterocycles. The maximum Gasteiger partial charge on any atom is 0.271 e. The first-order valence-corrected chi connectivity index (χ1v) is 7.82. The van der Waals surface area contributed by atoms with Crippen LogP contribution in [-0.2, 0) is 0 Å². The smallest absolute Gasteiger partial charge is 0.271 e. The van der Waals surface area contributed by atoms with Gasteiger partial charge in [-0.2, -0.15) is 0 Å². The third-order valence-corrected chi connectivity index (χ3v) is 4.86.